The smallest absolute Gasteiger partial charge is 0.143 e. The Labute approximate surface area is 187 Å². The van der Waals surface area contributed by atoms with Gasteiger partial charge in [0, 0.05) is 27.2 Å². The molecule has 1 aromatic heterocycles. The minimum Gasteiger partial charge on any atom is -0.508 e. The fourth-order valence-corrected chi connectivity index (χ4v) is 6.22. The van der Waals surface area contributed by atoms with E-state index >= 15 is 0 Å². The molecular formula is C30H24O2. The number of fused-ring (bicyclic) bond motifs is 10. The lowest BCUT2D eigenvalue weighted by molar-refractivity contribution is 0.473. The Bertz CT molecular complexity index is 1630. The lowest BCUT2D eigenvalue weighted by Crippen LogP contribution is -2.16. The molecule has 0 aliphatic heterocycles. The van der Waals surface area contributed by atoms with Crippen molar-refractivity contribution in [3.63, 3.8) is 0 Å². The van der Waals surface area contributed by atoms with Crippen molar-refractivity contribution in [1.82, 2.24) is 0 Å². The summed E-state index contributed by atoms with van der Waals surface area (Å²) in [5.41, 5.74) is 11.8. The van der Waals surface area contributed by atoms with E-state index in [0.29, 0.717) is 5.75 Å². The summed E-state index contributed by atoms with van der Waals surface area (Å²) in [5.74, 6) is 0.326. The summed E-state index contributed by atoms with van der Waals surface area (Å²) < 4.78 is 6.46. The minimum absolute atomic E-state index is 0.114. The number of phenolic OH excluding ortho intramolecular Hbond substituents is 1. The molecule has 156 valence electrons. The monoisotopic (exact) mass is 416 g/mol. The van der Waals surface area contributed by atoms with Gasteiger partial charge in [-0.25, -0.2) is 0 Å². The van der Waals surface area contributed by atoms with Crippen molar-refractivity contribution in [2.45, 2.75) is 38.5 Å². The normalized spacial score (nSPS) is 16.8. The van der Waals surface area contributed by atoms with E-state index in [1.807, 2.05) is 12.1 Å². The second-order valence-corrected chi connectivity index (χ2v) is 10.4. The Morgan fingerprint density at radius 3 is 2.16 bits per heavy atom. The number of para-hydroxylation sites is 1. The molecule has 0 unspecified atom stereocenters. The number of aromatic hydroxyl groups is 1. The third-order valence-corrected chi connectivity index (χ3v) is 7.96. The summed E-state index contributed by atoms with van der Waals surface area (Å²) in [6.45, 7) is 9.14. The van der Waals surface area contributed by atoms with Gasteiger partial charge in [-0.05, 0) is 69.3 Å². The highest BCUT2D eigenvalue weighted by atomic mass is 16.3. The van der Waals surface area contributed by atoms with Crippen molar-refractivity contribution >= 4 is 21.9 Å². The Morgan fingerprint density at radius 2 is 1.31 bits per heavy atom. The van der Waals surface area contributed by atoms with E-state index in [9.17, 15) is 5.11 Å². The lowest BCUT2D eigenvalue weighted by atomic mass is 9.79. The van der Waals surface area contributed by atoms with Gasteiger partial charge >= 0.3 is 0 Å². The van der Waals surface area contributed by atoms with Gasteiger partial charge in [0.15, 0.2) is 0 Å². The van der Waals surface area contributed by atoms with Crippen LogP contribution in [0, 0.1) is 0 Å². The standard InChI is InChI=1S/C30H24O2/c1-29(2)22-12-11-19-18-7-5-6-8-26(18)32-28(19)27(22)21-15-24-20(14-25(21)29)17-10-9-16(31)13-23(17)30(24,3)4/h5-15,31H,1-4H3. The summed E-state index contributed by atoms with van der Waals surface area (Å²) in [6.07, 6.45) is 0. The zero-order valence-corrected chi connectivity index (χ0v) is 18.7. The van der Waals surface area contributed by atoms with Crippen molar-refractivity contribution in [2.24, 2.45) is 0 Å². The third kappa shape index (κ3) is 1.97. The summed E-state index contributed by atoms with van der Waals surface area (Å²) in [7, 11) is 0. The van der Waals surface area contributed by atoms with E-state index in [1.165, 1.54) is 55.3 Å². The lowest BCUT2D eigenvalue weighted by Gasteiger charge is -2.24. The van der Waals surface area contributed by atoms with Gasteiger partial charge in [-0.3, -0.25) is 0 Å². The summed E-state index contributed by atoms with van der Waals surface area (Å²) in [6, 6.07) is 23.4. The highest BCUT2D eigenvalue weighted by Gasteiger charge is 2.42. The number of phenols is 1. The largest absolute Gasteiger partial charge is 0.508 e. The average Bonchev–Trinajstić information content (AvgIpc) is 3.33. The number of hydrogen-bond donors (Lipinski definition) is 1. The van der Waals surface area contributed by atoms with Crippen LogP contribution in [0.3, 0.4) is 0 Å². The highest BCUT2D eigenvalue weighted by molar-refractivity contribution is 6.12. The van der Waals surface area contributed by atoms with Gasteiger partial charge in [-0.1, -0.05) is 64.1 Å². The van der Waals surface area contributed by atoms with E-state index < -0.39 is 0 Å². The van der Waals surface area contributed by atoms with Crippen molar-refractivity contribution in [3.05, 3.63) is 89.0 Å². The van der Waals surface area contributed by atoms with Crippen LogP contribution >= 0.6 is 0 Å². The molecule has 1 N–H and O–H groups in total. The molecule has 4 aromatic carbocycles. The third-order valence-electron chi connectivity index (χ3n) is 7.96. The highest BCUT2D eigenvalue weighted by Crippen LogP contribution is 2.57. The molecule has 7 rings (SSSR count). The number of furan rings is 1. The van der Waals surface area contributed by atoms with E-state index in [2.05, 4.69) is 76.2 Å². The Hall–Kier alpha value is -3.52. The summed E-state index contributed by atoms with van der Waals surface area (Å²) in [4.78, 5) is 0. The number of hydrogen-bond acceptors (Lipinski definition) is 2. The first-order valence-corrected chi connectivity index (χ1v) is 11.3. The molecular weight excluding hydrogens is 392 g/mol. The van der Waals surface area contributed by atoms with Crippen molar-refractivity contribution in [1.29, 1.82) is 0 Å². The first kappa shape index (κ1) is 18.1. The van der Waals surface area contributed by atoms with Gasteiger partial charge in [0.1, 0.15) is 16.9 Å². The van der Waals surface area contributed by atoms with Crippen LogP contribution in [-0.2, 0) is 10.8 Å². The Balaban J connectivity index is 1.59. The summed E-state index contributed by atoms with van der Waals surface area (Å²) in [5, 5.41) is 12.5. The van der Waals surface area contributed by atoms with Crippen LogP contribution in [0.4, 0.5) is 0 Å². The number of rotatable bonds is 0. The van der Waals surface area contributed by atoms with E-state index in [1.54, 1.807) is 6.07 Å². The number of benzene rings is 4. The maximum absolute atomic E-state index is 10.2. The van der Waals surface area contributed by atoms with Crippen molar-refractivity contribution in [2.75, 3.05) is 0 Å². The topological polar surface area (TPSA) is 33.4 Å². The van der Waals surface area contributed by atoms with Crippen LogP contribution in [0.1, 0.15) is 49.9 Å². The second kappa shape index (κ2) is 5.45. The predicted molar refractivity (Wildman–Crippen MR) is 131 cm³/mol. The first-order valence-electron chi connectivity index (χ1n) is 11.3. The van der Waals surface area contributed by atoms with Gasteiger partial charge in [-0.15, -0.1) is 0 Å². The van der Waals surface area contributed by atoms with Crippen LogP contribution < -0.4 is 0 Å². The van der Waals surface area contributed by atoms with Crippen LogP contribution in [0.5, 0.6) is 5.75 Å². The zero-order valence-electron chi connectivity index (χ0n) is 18.7. The molecule has 2 aliphatic carbocycles. The zero-order chi connectivity index (χ0) is 22.0. The fraction of sp³-hybridized carbons (Fsp3) is 0.200. The van der Waals surface area contributed by atoms with E-state index in [4.69, 9.17) is 4.42 Å². The van der Waals surface area contributed by atoms with Gasteiger partial charge in [0.2, 0.25) is 0 Å². The molecule has 0 saturated heterocycles. The molecule has 0 bridgehead atoms. The molecule has 32 heavy (non-hydrogen) atoms. The molecule has 0 atom stereocenters. The molecule has 0 amide bonds. The maximum atomic E-state index is 10.2. The van der Waals surface area contributed by atoms with Crippen LogP contribution in [0.25, 0.3) is 44.2 Å². The minimum atomic E-state index is -0.174. The maximum Gasteiger partial charge on any atom is 0.143 e. The average molecular weight is 417 g/mol. The van der Waals surface area contributed by atoms with E-state index in [0.717, 1.165) is 11.2 Å². The van der Waals surface area contributed by atoms with Gasteiger partial charge in [0.25, 0.3) is 0 Å². The molecule has 0 fully saturated rings. The van der Waals surface area contributed by atoms with Crippen LogP contribution in [0.15, 0.2) is 71.1 Å². The molecule has 0 spiro atoms. The molecule has 0 saturated carbocycles. The van der Waals surface area contributed by atoms with Gasteiger partial charge in [-0.2, -0.15) is 0 Å². The predicted octanol–water partition coefficient (Wildman–Crippen LogP) is 7.90. The SMILES string of the molecule is CC1(C)c2cc(O)ccc2-c2cc3c(cc21)-c1c(ccc2c1oc1ccccc12)C3(C)C. The van der Waals surface area contributed by atoms with Crippen LogP contribution in [0.2, 0.25) is 0 Å². The van der Waals surface area contributed by atoms with Gasteiger partial charge in [0.05, 0.1) is 0 Å². The van der Waals surface area contributed by atoms with Crippen molar-refractivity contribution in [3.8, 4) is 28.0 Å². The Morgan fingerprint density at radius 1 is 0.625 bits per heavy atom. The second-order valence-electron chi connectivity index (χ2n) is 10.4. The fourth-order valence-electron chi connectivity index (χ4n) is 6.22. The van der Waals surface area contributed by atoms with E-state index in [-0.39, 0.29) is 10.8 Å². The molecule has 2 heteroatoms. The molecule has 2 nitrogen and oxygen atoms in total. The molecule has 1 heterocycles. The molecule has 0 radical (unpaired) electrons. The van der Waals surface area contributed by atoms with Crippen molar-refractivity contribution < 1.29 is 9.52 Å². The summed E-state index contributed by atoms with van der Waals surface area (Å²) >= 11 is 0. The first-order chi connectivity index (χ1) is 15.3. The van der Waals surface area contributed by atoms with Gasteiger partial charge < -0.3 is 9.52 Å². The Kier molecular flexibility index (Phi) is 3.08. The quantitative estimate of drug-likeness (QED) is 0.278. The molecule has 5 aromatic rings. The molecule has 2 aliphatic rings. The van der Waals surface area contributed by atoms with Crippen LogP contribution in [-0.4, -0.2) is 5.11 Å².